The van der Waals surface area contributed by atoms with Crippen LogP contribution < -0.4 is 0 Å². The Hall–Kier alpha value is -1.02. The highest BCUT2D eigenvalue weighted by molar-refractivity contribution is 6.30. The molecule has 1 aromatic rings. The van der Waals surface area contributed by atoms with E-state index in [9.17, 15) is 0 Å². The molecule has 0 amide bonds. The van der Waals surface area contributed by atoms with Gasteiger partial charge in [0.25, 0.3) is 0 Å². The lowest BCUT2D eigenvalue weighted by Crippen LogP contribution is -2.30. The van der Waals surface area contributed by atoms with E-state index in [0.717, 1.165) is 18.7 Å². The number of halogens is 1. The van der Waals surface area contributed by atoms with Crippen molar-refractivity contribution < 1.29 is 0 Å². The summed E-state index contributed by atoms with van der Waals surface area (Å²) in [5, 5.41) is 8.65. The smallest absolute Gasteiger partial charge is 0.128 e. The molecule has 76 valence electrons. The van der Waals surface area contributed by atoms with Crippen LogP contribution in [0.3, 0.4) is 0 Å². The van der Waals surface area contributed by atoms with Crippen LogP contribution in [-0.2, 0) is 0 Å². The van der Waals surface area contributed by atoms with Gasteiger partial charge in [0.15, 0.2) is 0 Å². The van der Waals surface area contributed by atoms with Crippen LogP contribution in [0.1, 0.15) is 19.4 Å². The molecule has 0 unspecified atom stereocenters. The van der Waals surface area contributed by atoms with Crippen LogP contribution in [-0.4, -0.2) is 23.8 Å². The summed E-state index contributed by atoms with van der Waals surface area (Å²) in [6.45, 7) is 5.82. The minimum atomic E-state index is 0.562. The molecule has 1 rings (SSSR count). The van der Waals surface area contributed by atoms with Gasteiger partial charge >= 0.3 is 0 Å². The molecule has 0 aliphatic rings. The first-order chi connectivity index (χ1) is 6.69. The van der Waals surface area contributed by atoms with Crippen molar-refractivity contribution in [1.82, 2.24) is 4.90 Å². The van der Waals surface area contributed by atoms with Crippen molar-refractivity contribution in [2.75, 3.05) is 13.1 Å². The van der Waals surface area contributed by atoms with Gasteiger partial charge in [0, 0.05) is 23.7 Å². The first kappa shape index (κ1) is 11.1. The summed E-state index contributed by atoms with van der Waals surface area (Å²) in [5.41, 5.74) is 0.915. The van der Waals surface area contributed by atoms with Crippen molar-refractivity contribution >= 4 is 17.4 Å². The largest absolute Gasteiger partial charge is 0.357 e. The third kappa shape index (κ3) is 2.48. The van der Waals surface area contributed by atoms with Crippen molar-refractivity contribution in [2.45, 2.75) is 13.8 Å². The number of benzene rings is 1. The summed E-state index contributed by atoms with van der Waals surface area (Å²) in [5.74, 6) is 0.562. The van der Waals surface area contributed by atoms with Gasteiger partial charge in [-0.15, -0.1) is 0 Å². The third-order valence-corrected chi connectivity index (χ3v) is 2.45. The monoisotopic (exact) mass is 210 g/mol. The number of nitrogens with one attached hydrogen (secondary N) is 1. The fourth-order valence-electron chi connectivity index (χ4n) is 1.33. The van der Waals surface area contributed by atoms with Gasteiger partial charge in [0.05, 0.1) is 0 Å². The summed E-state index contributed by atoms with van der Waals surface area (Å²) < 4.78 is 0. The summed E-state index contributed by atoms with van der Waals surface area (Å²) in [6.07, 6.45) is 0. The molecule has 1 aromatic carbocycles. The fourth-order valence-corrected chi connectivity index (χ4v) is 1.46. The van der Waals surface area contributed by atoms with Crippen LogP contribution in [0, 0.1) is 5.41 Å². The fraction of sp³-hybridized carbons (Fsp3) is 0.364. The average Bonchev–Trinajstić information content (AvgIpc) is 2.20. The highest BCUT2D eigenvalue weighted by Gasteiger charge is 2.07. The predicted molar refractivity (Wildman–Crippen MR) is 61.2 cm³/mol. The molecular weight excluding hydrogens is 196 g/mol. The first-order valence-corrected chi connectivity index (χ1v) is 5.16. The Balaban J connectivity index is 2.83. The van der Waals surface area contributed by atoms with Gasteiger partial charge < -0.3 is 4.90 Å². The highest BCUT2D eigenvalue weighted by atomic mass is 35.5. The Morgan fingerprint density at radius 2 is 1.71 bits per heavy atom. The molecule has 1 N–H and O–H groups in total. The van der Waals surface area contributed by atoms with Crippen LogP contribution in [0.2, 0.25) is 5.02 Å². The maximum atomic E-state index is 7.94. The quantitative estimate of drug-likeness (QED) is 0.603. The van der Waals surface area contributed by atoms with Crippen LogP contribution in [0.15, 0.2) is 24.3 Å². The second kappa shape index (κ2) is 5.01. The van der Waals surface area contributed by atoms with E-state index >= 15 is 0 Å². The summed E-state index contributed by atoms with van der Waals surface area (Å²) in [6, 6.07) is 7.38. The lowest BCUT2D eigenvalue weighted by atomic mass is 10.2. The van der Waals surface area contributed by atoms with Gasteiger partial charge in [-0.3, -0.25) is 5.41 Å². The first-order valence-electron chi connectivity index (χ1n) is 4.78. The molecule has 0 saturated carbocycles. The van der Waals surface area contributed by atoms with Gasteiger partial charge in [0.1, 0.15) is 5.84 Å². The molecule has 0 aromatic heterocycles. The van der Waals surface area contributed by atoms with E-state index in [0.29, 0.717) is 10.9 Å². The van der Waals surface area contributed by atoms with Crippen molar-refractivity contribution in [1.29, 1.82) is 5.41 Å². The van der Waals surface area contributed by atoms with Crippen molar-refractivity contribution in [3.05, 3.63) is 34.9 Å². The molecule has 0 saturated heterocycles. The zero-order valence-corrected chi connectivity index (χ0v) is 9.30. The Kier molecular flexibility index (Phi) is 3.96. The summed E-state index contributed by atoms with van der Waals surface area (Å²) >= 11 is 5.78. The highest BCUT2D eigenvalue weighted by Crippen LogP contribution is 2.11. The average molecular weight is 211 g/mol. The van der Waals surface area contributed by atoms with Gasteiger partial charge in [-0.1, -0.05) is 11.6 Å². The zero-order valence-electron chi connectivity index (χ0n) is 8.55. The maximum absolute atomic E-state index is 7.94. The normalized spacial score (nSPS) is 9.93. The molecular formula is C11H15ClN2. The molecule has 0 bridgehead atoms. The second-order valence-corrected chi connectivity index (χ2v) is 3.46. The molecule has 0 fully saturated rings. The Bertz CT molecular complexity index is 302. The minimum absolute atomic E-state index is 0.562. The van der Waals surface area contributed by atoms with Gasteiger partial charge in [-0.05, 0) is 38.1 Å². The van der Waals surface area contributed by atoms with Crippen LogP contribution in [0.25, 0.3) is 0 Å². The molecule has 0 aliphatic carbocycles. The molecule has 0 heterocycles. The van der Waals surface area contributed by atoms with E-state index in [-0.39, 0.29) is 0 Å². The van der Waals surface area contributed by atoms with E-state index in [1.165, 1.54) is 0 Å². The predicted octanol–water partition coefficient (Wildman–Crippen LogP) is 3.01. The molecule has 3 heteroatoms. The van der Waals surface area contributed by atoms with Crippen molar-refractivity contribution in [2.24, 2.45) is 0 Å². The molecule has 14 heavy (non-hydrogen) atoms. The topological polar surface area (TPSA) is 27.1 Å². The van der Waals surface area contributed by atoms with E-state index in [1.807, 2.05) is 43.0 Å². The van der Waals surface area contributed by atoms with Gasteiger partial charge in [-0.25, -0.2) is 0 Å². The number of amidine groups is 1. The summed E-state index contributed by atoms with van der Waals surface area (Å²) in [7, 11) is 0. The number of hydrogen-bond acceptors (Lipinski definition) is 1. The molecule has 2 nitrogen and oxygen atoms in total. The molecule has 0 atom stereocenters. The molecule has 0 aliphatic heterocycles. The zero-order chi connectivity index (χ0) is 10.6. The lowest BCUT2D eigenvalue weighted by Gasteiger charge is -2.21. The Morgan fingerprint density at radius 1 is 1.21 bits per heavy atom. The standard InChI is InChI=1S/C11H15ClN2/c1-3-14(4-2)11(13)9-5-7-10(12)8-6-9/h5-8,13H,3-4H2,1-2H3. The number of nitrogens with zero attached hydrogens (tertiary/aromatic N) is 1. The molecule has 0 spiro atoms. The van der Waals surface area contributed by atoms with Crippen molar-refractivity contribution in [3.63, 3.8) is 0 Å². The maximum Gasteiger partial charge on any atom is 0.128 e. The number of rotatable bonds is 3. The lowest BCUT2D eigenvalue weighted by molar-refractivity contribution is 0.463. The second-order valence-electron chi connectivity index (χ2n) is 3.03. The minimum Gasteiger partial charge on any atom is -0.357 e. The van der Waals surface area contributed by atoms with Crippen LogP contribution in [0.5, 0.6) is 0 Å². The van der Waals surface area contributed by atoms with Crippen molar-refractivity contribution in [3.8, 4) is 0 Å². The van der Waals surface area contributed by atoms with Gasteiger partial charge in [-0.2, -0.15) is 0 Å². The van der Waals surface area contributed by atoms with E-state index in [1.54, 1.807) is 0 Å². The number of hydrogen-bond donors (Lipinski definition) is 1. The van der Waals surface area contributed by atoms with Gasteiger partial charge in [0.2, 0.25) is 0 Å². The molecule has 0 radical (unpaired) electrons. The summed E-state index contributed by atoms with van der Waals surface area (Å²) in [4.78, 5) is 2.00. The Labute approximate surface area is 90.0 Å². The third-order valence-electron chi connectivity index (χ3n) is 2.20. The van der Waals surface area contributed by atoms with E-state index < -0.39 is 0 Å². The SMILES string of the molecule is CCN(CC)C(=N)c1ccc(Cl)cc1. The van der Waals surface area contributed by atoms with Crippen LogP contribution in [0.4, 0.5) is 0 Å². The van der Waals surface area contributed by atoms with Crippen LogP contribution >= 0.6 is 11.6 Å². The Morgan fingerprint density at radius 3 is 2.14 bits per heavy atom. The van der Waals surface area contributed by atoms with E-state index in [4.69, 9.17) is 17.0 Å². The van der Waals surface area contributed by atoms with E-state index in [2.05, 4.69) is 0 Å².